The number of nitrogens with zero attached hydrogens (tertiary/aromatic N) is 1. The zero-order valence-electron chi connectivity index (χ0n) is 16.7. The molecule has 1 aliphatic rings. The van der Waals surface area contributed by atoms with Gasteiger partial charge in [0.2, 0.25) is 0 Å². The molecule has 2 aromatic carbocycles. The maximum atomic E-state index is 12.3. The van der Waals surface area contributed by atoms with Crippen LogP contribution in [0, 0.1) is 6.92 Å². The number of carbonyl (C=O) groups excluding carboxylic acids is 1. The average molecular weight is 426 g/mol. The number of carboxylic acid groups (broad SMARTS) is 1. The number of hydrogen-bond donors (Lipinski definition) is 2. The van der Waals surface area contributed by atoms with Crippen LogP contribution in [0.4, 0.5) is 5.69 Å². The number of aryl methyl sites for hydroxylation is 1. The lowest BCUT2D eigenvalue weighted by molar-refractivity contribution is -0.137. The molecule has 1 heterocycles. The van der Waals surface area contributed by atoms with Crippen LogP contribution in [0.3, 0.4) is 0 Å². The minimum Gasteiger partial charge on any atom is -0.490 e. The Balaban J connectivity index is 1.76. The highest BCUT2D eigenvalue weighted by Crippen LogP contribution is 2.32. The average Bonchev–Trinajstić information content (AvgIpc) is 3.04. The first kappa shape index (κ1) is 21.4. The monoisotopic (exact) mass is 426 g/mol. The number of hydrogen-bond acceptors (Lipinski definition) is 6. The molecule has 0 saturated carbocycles. The van der Waals surface area contributed by atoms with E-state index in [9.17, 15) is 9.59 Å². The van der Waals surface area contributed by atoms with Gasteiger partial charge in [-0.05, 0) is 61.5 Å². The van der Waals surface area contributed by atoms with E-state index in [2.05, 4.69) is 10.3 Å². The summed E-state index contributed by atoms with van der Waals surface area (Å²) in [6.45, 7) is 4.33. The molecule has 0 aromatic heterocycles. The number of rotatable bonds is 8. The Bertz CT molecular complexity index is 999. The molecular formula is C22H22N2O5S. The van der Waals surface area contributed by atoms with E-state index in [4.69, 9.17) is 14.6 Å². The third kappa shape index (κ3) is 5.87. The van der Waals surface area contributed by atoms with Crippen molar-refractivity contribution in [2.45, 2.75) is 20.3 Å². The van der Waals surface area contributed by atoms with E-state index < -0.39 is 5.97 Å². The highest BCUT2D eigenvalue weighted by Gasteiger charge is 2.24. The molecule has 0 unspecified atom stereocenters. The number of nitrogens with one attached hydrogen (secondary N) is 1. The van der Waals surface area contributed by atoms with Gasteiger partial charge in [0.1, 0.15) is 0 Å². The van der Waals surface area contributed by atoms with Gasteiger partial charge >= 0.3 is 5.97 Å². The molecule has 1 aliphatic heterocycles. The number of amidine groups is 1. The van der Waals surface area contributed by atoms with Crippen LogP contribution >= 0.6 is 11.8 Å². The summed E-state index contributed by atoms with van der Waals surface area (Å²) in [5, 5.41) is 12.0. The summed E-state index contributed by atoms with van der Waals surface area (Å²) in [6, 6.07) is 13.0. The van der Waals surface area contributed by atoms with Crippen molar-refractivity contribution in [1.29, 1.82) is 0 Å². The first-order chi connectivity index (χ1) is 14.4. The number of ether oxygens (including phenoxy) is 2. The topological polar surface area (TPSA) is 97.2 Å². The number of aliphatic carboxylic acids is 1. The highest BCUT2D eigenvalue weighted by atomic mass is 32.2. The van der Waals surface area contributed by atoms with Crippen LogP contribution in [0.15, 0.2) is 52.4 Å². The molecular weight excluding hydrogens is 404 g/mol. The minimum absolute atomic E-state index is 0.0485. The summed E-state index contributed by atoms with van der Waals surface area (Å²) in [7, 11) is 0. The maximum absolute atomic E-state index is 12.3. The highest BCUT2D eigenvalue weighted by molar-refractivity contribution is 8.18. The fraction of sp³-hybridized carbons (Fsp3) is 0.227. The van der Waals surface area contributed by atoms with Crippen LogP contribution in [-0.2, 0) is 9.59 Å². The molecule has 0 atom stereocenters. The molecule has 156 valence electrons. The molecule has 8 heteroatoms. The normalized spacial score (nSPS) is 16.0. The molecule has 0 radical (unpaired) electrons. The van der Waals surface area contributed by atoms with Crippen LogP contribution in [0.2, 0.25) is 0 Å². The van der Waals surface area contributed by atoms with Gasteiger partial charge in [0, 0.05) is 0 Å². The van der Waals surface area contributed by atoms with E-state index in [0.29, 0.717) is 28.2 Å². The third-order valence-corrected chi connectivity index (χ3v) is 4.96. The standard InChI is InChI=1S/C22H22N2O5S/c1-3-28-18-12-15(6-9-17(18)29-11-10-20(25)26)13-19-21(27)24-22(30-19)23-16-7-4-14(2)5-8-16/h4-9,12-13H,3,10-11H2,1-2H3,(H,25,26)(H,23,24,27)/b19-13+. The van der Waals surface area contributed by atoms with Crippen molar-refractivity contribution in [1.82, 2.24) is 5.32 Å². The van der Waals surface area contributed by atoms with Gasteiger partial charge in [-0.3, -0.25) is 9.59 Å². The van der Waals surface area contributed by atoms with E-state index in [-0.39, 0.29) is 18.9 Å². The van der Waals surface area contributed by atoms with E-state index >= 15 is 0 Å². The van der Waals surface area contributed by atoms with Gasteiger partial charge < -0.3 is 19.9 Å². The Morgan fingerprint density at radius 3 is 2.63 bits per heavy atom. The molecule has 2 N–H and O–H groups in total. The number of carbonyl (C=O) groups is 2. The summed E-state index contributed by atoms with van der Waals surface area (Å²) >= 11 is 1.27. The van der Waals surface area contributed by atoms with Crippen molar-refractivity contribution in [2.24, 2.45) is 4.99 Å². The van der Waals surface area contributed by atoms with E-state index in [0.717, 1.165) is 16.8 Å². The third-order valence-electron chi connectivity index (χ3n) is 4.05. The van der Waals surface area contributed by atoms with Crippen molar-refractivity contribution in [2.75, 3.05) is 13.2 Å². The van der Waals surface area contributed by atoms with Crippen molar-refractivity contribution in [3.05, 3.63) is 58.5 Å². The number of thioether (sulfide) groups is 1. The largest absolute Gasteiger partial charge is 0.490 e. The Labute approximate surface area is 178 Å². The first-order valence-corrected chi connectivity index (χ1v) is 10.2. The van der Waals surface area contributed by atoms with Crippen LogP contribution in [-0.4, -0.2) is 35.4 Å². The van der Waals surface area contributed by atoms with Crippen LogP contribution in [0.5, 0.6) is 11.5 Å². The van der Waals surface area contributed by atoms with Crippen molar-refractivity contribution < 1.29 is 24.2 Å². The van der Waals surface area contributed by atoms with Gasteiger partial charge in [-0.25, -0.2) is 4.99 Å². The second-order valence-corrected chi connectivity index (χ2v) is 7.48. The molecule has 1 amide bonds. The second kappa shape index (κ2) is 9.98. The number of carboxylic acids is 1. The van der Waals surface area contributed by atoms with Gasteiger partial charge in [-0.2, -0.15) is 0 Å². The van der Waals surface area contributed by atoms with Crippen LogP contribution in [0.1, 0.15) is 24.5 Å². The van der Waals surface area contributed by atoms with Gasteiger partial charge in [-0.1, -0.05) is 23.8 Å². The fourth-order valence-electron chi connectivity index (χ4n) is 2.62. The zero-order chi connectivity index (χ0) is 21.5. The van der Waals surface area contributed by atoms with E-state index in [1.807, 2.05) is 38.1 Å². The van der Waals surface area contributed by atoms with Crippen molar-refractivity contribution in [3.8, 4) is 11.5 Å². The molecule has 2 aromatic rings. The number of aliphatic imine (C=N–C) groups is 1. The molecule has 30 heavy (non-hydrogen) atoms. The minimum atomic E-state index is -0.929. The van der Waals surface area contributed by atoms with Gasteiger partial charge in [0.25, 0.3) is 5.91 Å². The Morgan fingerprint density at radius 2 is 1.93 bits per heavy atom. The van der Waals surface area contributed by atoms with Gasteiger partial charge in [-0.15, -0.1) is 0 Å². The maximum Gasteiger partial charge on any atom is 0.306 e. The summed E-state index contributed by atoms with van der Waals surface area (Å²) in [6.07, 6.45) is 1.65. The lowest BCUT2D eigenvalue weighted by atomic mass is 10.2. The Kier molecular flexibility index (Phi) is 7.13. The molecule has 0 bridgehead atoms. The molecule has 7 nitrogen and oxygen atoms in total. The fourth-order valence-corrected chi connectivity index (χ4v) is 3.46. The van der Waals surface area contributed by atoms with Crippen LogP contribution < -0.4 is 14.8 Å². The van der Waals surface area contributed by atoms with Crippen LogP contribution in [0.25, 0.3) is 6.08 Å². The Hall–Kier alpha value is -3.26. The molecule has 0 aliphatic carbocycles. The summed E-state index contributed by atoms with van der Waals surface area (Å²) in [5.74, 6) is -0.188. The molecule has 1 saturated heterocycles. The number of amides is 1. The predicted molar refractivity (Wildman–Crippen MR) is 117 cm³/mol. The lowest BCUT2D eigenvalue weighted by Gasteiger charge is -2.12. The van der Waals surface area contributed by atoms with Gasteiger partial charge in [0.15, 0.2) is 16.7 Å². The zero-order valence-corrected chi connectivity index (χ0v) is 17.5. The summed E-state index contributed by atoms with van der Waals surface area (Å²) in [5.41, 5.74) is 2.67. The quantitative estimate of drug-likeness (QED) is 0.616. The van der Waals surface area contributed by atoms with E-state index in [1.54, 1.807) is 24.3 Å². The van der Waals surface area contributed by atoms with Crippen molar-refractivity contribution >= 4 is 40.6 Å². The Morgan fingerprint density at radius 1 is 1.17 bits per heavy atom. The van der Waals surface area contributed by atoms with E-state index in [1.165, 1.54) is 11.8 Å². The second-order valence-electron chi connectivity index (χ2n) is 6.45. The molecule has 0 spiro atoms. The summed E-state index contributed by atoms with van der Waals surface area (Å²) < 4.78 is 11.1. The first-order valence-electron chi connectivity index (χ1n) is 9.42. The molecule has 3 rings (SSSR count). The summed E-state index contributed by atoms with van der Waals surface area (Å²) in [4.78, 5) is 28.0. The van der Waals surface area contributed by atoms with Crippen molar-refractivity contribution in [3.63, 3.8) is 0 Å². The lowest BCUT2D eigenvalue weighted by Crippen LogP contribution is -2.19. The smallest absolute Gasteiger partial charge is 0.306 e. The van der Waals surface area contributed by atoms with Gasteiger partial charge in [0.05, 0.1) is 30.2 Å². The number of benzene rings is 2. The SMILES string of the molecule is CCOc1cc(/C=C2/SC(=Nc3ccc(C)cc3)NC2=O)ccc1OCCC(=O)O. The molecule has 1 fully saturated rings. The predicted octanol–water partition coefficient (Wildman–Crippen LogP) is 4.14.